The number of rotatable bonds is 8. The van der Waals surface area contributed by atoms with Crippen LogP contribution in [0.25, 0.3) is 0 Å². The van der Waals surface area contributed by atoms with Crippen molar-refractivity contribution in [1.82, 2.24) is 5.32 Å². The van der Waals surface area contributed by atoms with E-state index < -0.39 is 0 Å². The molecule has 0 spiro atoms. The van der Waals surface area contributed by atoms with Gasteiger partial charge in [-0.05, 0) is 37.3 Å². The van der Waals surface area contributed by atoms with Crippen molar-refractivity contribution in [2.24, 2.45) is 0 Å². The van der Waals surface area contributed by atoms with E-state index in [1.165, 1.54) is 0 Å². The molecule has 0 radical (unpaired) electrons. The van der Waals surface area contributed by atoms with Crippen LogP contribution >= 0.6 is 11.8 Å². The van der Waals surface area contributed by atoms with E-state index in [1.807, 2.05) is 24.8 Å². The molecule has 0 aromatic heterocycles. The fourth-order valence-corrected chi connectivity index (χ4v) is 2.66. The number of hydrogen-bond acceptors (Lipinski definition) is 4. The summed E-state index contributed by atoms with van der Waals surface area (Å²) in [4.78, 5) is 10.5. The van der Waals surface area contributed by atoms with Crippen molar-refractivity contribution in [2.75, 3.05) is 11.5 Å². The van der Waals surface area contributed by atoms with Gasteiger partial charge in [-0.1, -0.05) is 19.1 Å². The van der Waals surface area contributed by atoms with E-state index in [-0.39, 0.29) is 10.6 Å². The lowest BCUT2D eigenvalue weighted by Crippen LogP contribution is -2.26. The Balaban J connectivity index is 2.53. The van der Waals surface area contributed by atoms with E-state index in [1.54, 1.807) is 12.1 Å². The van der Waals surface area contributed by atoms with Gasteiger partial charge in [0.2, 0.25) is 0 Å². The highest BCUT2D eigenvalue weighted by atomic mass is 32.2. The molecule has 0 aliphatic heterocycles. The van der Waals surface area contributed by atoms with E-state index in [0.717, 1.165) is 29.1 Å². The van der Waals surface area contributed by atoms with Crippen LogP contribution in [-0.2, 0) is 6.54 Å². The van der Waals surface area contributed by atoms with E-state index in [2.05, 4.69) is 19.2 Å². The number of nitrogens with zero attached hydrogens (tertiary/aromatic N) is 1. The Bertz CT molecular complexity index is 424. The molecular formula is C14H22N2O2S. The number of nitrogens with one attached hydrogen (secondary N) is 1. The van der Waals surface area contributed by atoms with Gasteiger partial charge in [0.25, 0.3) is 5.69 Å². The zero-order valence-electron chi connectivity index (χ0n) is 11.8. The zero-order chi connectivity index (χ0) is 14.3. The summed E-state index contributed by atoms with van der Waals surface area (Å²) in [6.07, 6.45) is 1.12. The summed E-state index contributed by atoms with van der Waals surface area (Å²) in [7, 11) is 0. The van der Waals surface area contributed by atoms with Crippen LogP contribution in [0.4, 0.5) is 5.69 Å². The quantitative estimate of drug-likeness (QED) is 0.450. The molecule has 0 heterocycles. The number of hydrogen-bond donors (Lipinski definition) is 1. The molecule has 0 fully saturated rings. The number of benzene rings is 1. The first-order chi connectivity index (χ1) is 9.06. The van der Waals surface area contributed by atoms with Crippen molar-refractivity contribution in [2.45, 2.75) is 39.8 Å². The number of nitro benzene ring substituents is 1. The van der Waals surface area contributed by atoms with Gasteiger partial charge in [-0.3, -0.25) is 10.1 Å². The molecule has 0 saturated carbocycles. The molecule has 19 heavy (non-hydrogen) atoms. The minimum Gasteiger partial charge on any atom is -0.310 e. The predicted octanol–water partition coefficient (Wildman–Crippen LogP) is 3.52. The SMILES string of the molecule is CCSCCC(C)NCc1cccc([N+](=O)[O-])c1C. The lowest BCUT2D eigenvalue weighted by molar-refractivity contribution is -0.385. The highest BCUT2D eigenvalue weighted by molar-refractivity contribution is 7.99. The van der Waals surface area contributed by atoms with E-state index in [9.17, 15) is 10.1 Å². The molecule has 0 aliphatic rings. The fraction of sp³-hybridized carbons (Fsp3) is 0.571. The van der Waals surface area contributed by atoms with E-state index in [0.29, 0.717) is 12.6 Å². The van der Waals surface area contributed by atoms with Crippen LogP contribution in [-0.4, -0.2) is 22.5 Å². The van der Waals surface area contributed by atoms with Crippen LogP contribution in [0.1, 0.15) is 31.4 Å². The van der Waals surface area contributed by atoms with Gasteiger partial charge < -0.3 is 5.32 Å². The molecule has 0 amide bonds. The molecule has 1 aromatic carbocycles. The van der Waals surface area contributed by atoms with Crippen molar-refractivity contribution in [1.29, 1.82) is 0 Å². The maximum atomic E-state index is 10.9. The largest absolute Gasteiger partial charge is 0.310 e. The summed E-state index contributed by atoms with van der Waals surface area (Å²) in [6.45, 7) is 6.82. The second kappa shape index (κ2) is 8.17. The molecule has 0 bridgehead atoms. The zero-order valence-corrected chi connectivity index (χ0v) is 12.6. The molecule has 0 saturated heterocycles. The summed E-state index contributed by atoms with van der Waals surface area (Å²) in [5.41, 5.74) is 1.97. The first-order valence-electron chi connectivity index (χ1n) is 6.60. The number of thioether (sulfide) groups is 1. The summed E-state index contributed by atoms with van der Waals surface area (Å²) in [5, 5.41) is 14.3. The molecule has 0 aliphatic carbocycles. The normalized spacial score (nSPS) is 12.4. The third-order valence-corrected chi connectivity index (χ3v) is 4.09. The standard InChI is InChI=1S/C14H22N2O2S/c1-4-19-9-8-11(2)15-10-13-6-5-7-14(12(13)3)16(17)18/h5-7,11,15H,4,8-10H2,1-3H3. The Kier molecular flexibility index (Phi) is 6.87. The first-order valence-corrected chi connectivity index (χ1v) is 7.75. The average Bonchev–Trinajstić information content (AvgIpc) is 2.37. The molecule has 1 aromatic rings. The predicted molar refractivity (Wildman–Crippen MR) is 81.8 cm³/mol. The van der Waals surface area contributed by atoms with Crippen LogP contribution in [0.5, 0.6) is 0 Å². The summed E-state index contributed by atoms with van der Waals surface area (Å²) < 4.78 is 0. The summed E-state index contributed by atoms with van der Waals surface area (Å²) in [6, 6.07) is 5.68. The van der Waals surface area contributed by atoms with Crippen molar-refractivity contribution in [3.05, 3.63) is 39.4 Å². The molecular weight excluding hydrogens is 260 g/mol. The van der Waals surface area contributed by atoms with Crippen LogP contribution in [0.15, 0.2) is 18.2 Å². The molecule has 106 valence electrons. The molecule has 5 heteroatoms. The number of nitro groups is 1. The Morgan fingerprint density at radius 1 is 1.47 bits per heavy atom. The van der Waals surface area contributed by atoms with Gasteiger partial charge >= 0.3 is 0 Å². The van der Waals surface area contributed by atoms with E-state index >= 15 is 0 Å². The minimum absolute atomic E-state index is 0.202. The summed E-state index contributed by atoms with van der Waals surface area (Å²) >= 11 is 1.94. The van der Waals surface area contributed by atoms with Crippen LogP contribution in [0, 0.1) is 17.0 Å². The maximum Gasteiger partial charge on any atom is 0.272 e. The van der Waals surface area contributed by atoms with Gasteiger partial charge in [0.1, 0.15) is 0 Å². The third-order valence-electron chi connectivity index (χ3n) is 3.15. The molecule has 1 atom stereocenters. The lowest BCUT2D eigenvalue weighted by Gasteiger charge is -2.14. The Morgan fingerprint density at radius 3 is 2.84 bits per heavy atom. The van der Waals surface area contributed by atoms with Crippen molar-refractivity contribution in [3.63, 3.8) is 0 Å². The van der Waals surface area contributed by atoms with Crippen LogP contribution in [0.3, 0.4) is 0 Å². The van der Waals surface area contributed by atoms with Crippen LogP contribution < -0.4 is 5.32 Å². The second-order valence-electron chi connectivity index (χ2n) is 4.59. The minimum atomic E-state index is -0.319. The second-order valence-corrected chi connectivity index (χ2v) is 5.98. The smallest absolute Gasteiger partial charge is 0.272 e. The Morgan fingerprint density at radius 2 is 2.21 bits per heavy atom. The average molecular weight is 282 g/mol. The topological polar surface area (TPSA) is 55.2 Å². The van der Waals surface area contributed by atoms with Gasteiger partial charge in [0, 0.05) is 24.2 Å². The fourth-order valence-electron chi connectivity index (χ4n) is 1.85. The summed E-state index contributed by atoms with van der Waals surface area (Å²) in [5.74, 6) is 2.30. The molecule has 1 rings (SSSR count). The molecule has 1 unspecified atom stereocenters. The highest BCUT2D eigenvalue weighted by Gasteiger charge is 2.13. The van der Waals surface area contributed by atoms with Crippen molar-refractivity contribution in [3.8, 4) is 0 Å². The van der Waals surface area contributed by atoms with Crippen LogP contribution in [0.2, 0.25) is 0 Å². The Labute approximate surface area is 119 Å². The molecule has 1 N–H and O–H groups in total. The van der Waals surface area contributed by atoms with Gasteiger partial charge in [-0.25, -0.2) is 0 Å². The van der Waals surface area contributed by atoms with Gasteiger partial charge in [-0.2, -0.15) is 11.8 Å². The van der Waals surface area contributed by atoms with Crippen molar-refractivity contribution < 1.29 is 4.92 Å². The van der Waals surface area contributed by atoms with Gasteiger partial charge in [0.05, 0.1) is 4.92 Å². The Hall–Kier alpha value is -1.07. The van der Waals surface area contributed by atoms with Gasteiger partial charge in [0.15, 0.2) is 0 Å². The monoisotopic (exact) mass is 282 g/mol. The van der Waals surface area contributed by atoms with E-state index in [4.69, 9.17) is 0 Å². The third kappa shape index (κ3) is 5.20. The molecule has 4 nitrogen and oxygen atoms in total. The lowest BCUT2D eigenvalue weighted by atomic mass is 10.1. The van der Waals surface area contributed by atoms with Gasteiger partial charge in [-0.15, -0.1) is 0 Å². The highest BCUT2D eigenvalue weighted by Crippen LogP contribution is 2.21. The first kappa shape index (κ1) is 16.0. The van der Waals surface area contributed by atoms with Crippen molar-refractivity contribution >= 4 is 17.4 Å². The maximum absolute atomic E-state index is 10.9.